The van der Waals surface area contributed by atoms with Crippen LogP contribution in [0.15, 0.2) is 29.6 Å². The zero-order valence-electron chi connectivity index (χ0n) is 10.6. The van der Waals surface area contributed by atoms with E-state index in [1.54, 1.807) is 23.5 Å². The normalized spacial score (nSPS) is 10.4. The minimum Gasteiger partial charge on any atom is -0.352 e. The van der Waals surface area contributed by atoms with E-state index >= 15 is 0 Å². The summed E-state index contributed by atoms with van der Waals surface area (Å²) in [4.78, 5) is 16.1. The maximum atomic E-state index is 13.3. The van der Waals surface area contributed by atoms with Crippen LogP contribution >= 0.6 is 11.3 Å². The molecule has 1 aromatic heterocycles. The van der Waals surface area contributed by atoms with Gasteiger partial charge in [-0.25, -0.2) is 9.37 Å². The van der Waals surface area contributed by atoms with E-state index in [0.29, 0.717) is 6.54 Å². The van der Waals surface area contributed by atoms with Crippen molar-refractivity contribution in [2.45, 2.75) is 19.8 Å². The van der Waals surface area contributed by atoms with Crippen molar-refractivity contribution in [3.05, 3.63) is 51.7 Å². The summed E-state index contributed by atoms with van der Waals surface area (Å²) in [5.74, 6) is -0.857. The van der Waals surface area contributed by atoms with E-state index < -0.39 is 5.82 Å². The number of aryl methyl sites for hydroxylation is 2. The fourth-order valence-electron chi connectivity index (χ4n) is 1.70. The third kappa shape index (κ3) is 3.86. The van der Waals surface area contributed by atoms with Crippen LogP contribution < -0.4 is 5.32 Å². The van der Waals surface area contributed by atoms with Crippen LogP contribution in [-0.4, -0.2) is 17.4 Å². The van der Waals surface area contributed by atoms with Crippen molar-refractivity contribution in [3.8, 4) is 0 Å². The first-order valence-corrected chi connectivity index (χ1v) is 6.98. The summed E-state index contributed by atoms with van der Waals surface area (Å²) in [5, 5.41) is 5.79. The van der Waals surface area contributed by atoms with E-state index in [9.17, 15) is 9.18 Å². The molecule has 0 unspecified atom stereocenters. The van der Waals surface area contributed by atoms with Gasteiger partial charge in [-0.3, -0.25) is 4.79 Å². The highest BCUT2D eigenvalue weighted by Gasteiger charge is 2.09. The molecule has 2 rings (SSSR count). The first kappa shape index (κ1) is 13.7. The predicted molar refractivity (Wildman–Crippen MR) is 73.9 cm³/mol. The fraction of sp³-hybridized carbons (Fsp3) is 0.286. The molecule has 0 aliphatic carbocycles. The first-order chi connectivity index (χ1) is 9.16. The molecule has 0 atom stereocenters. The second kappa shape index (κ2) is 6.43. The molecular formula is C14H15FN2OS. The van der Waals surface area contributed by atoms with Crippen molar-refractivity contribution in [1.82, 2.24) is 10.3 Å². The Kier molecular flexibility index (Phi) is 4.63. The highest BCUT2D eigenvalue weighted by molar-refractivity contribution is 7.09. The van der Waals surface area contributed by atoms with E-state index in [0.717, 1.165) is 23.5 Å². The summed E-state index contributed by atoms with van der Waals surface area (Å²) in [6, 6.07) is 5.98. The van der Waals surface area contributed by atoms with Crippen LogP contribution in [0.1, 0.15) is 27.5 Å². The number of nitrogens with zero attached hydrogens (tertiary/aromatic N) is 1. The van der Waals surface area contributed by atoms with E-state index in [-0.39, 0.29) is 11.5 Å². The number of rotatable bonds is 5. The summed E-state index contributed by atoms with van der Waals surface area (Å²) in [6.45, 7) is 2.48. The lowest BCUT2D eigenvalue weighted by Gasteiger charge is -2.05. The van der Waals surface area contributed by atoms with Crippen LogP contribution in [0, 0.1) is 12.7 Å². The maximum Gasteiger partial charge on any atom is 0.254 e. The number of nitrogens with one attached hydrogen (secondary N) is 1. The van der Waals surface area contributed by atoms with Gasteiger partial charge in [-0.05, 0) is 25.5 Å². The fourth-order valence-corrected chi connectivity index (χ4v) is 2.52. The van der Waals surface area contributed by atoms with Crippen molar-refractivity contribution in [2.24, 2.45) is 0 Å². The standard InChI is InChI=1S/C14H15FN2OS/c1-10-9-19-13(17-10)7-4-8-16-14(18)11-5-2-3-6-12(11)15/h2-3,5-6,9H,4,7-8H2,1H3,(H,16,18). The molecule has 100 valence electrons. The molecule has 0 aliphatic heterocycles. The lowest BCUT2D eigenvalue weighted by Crippen LogP contribution is -2.25. The molecule has 0 radical (unpaired) electrons. The average molecular weight is 278 g/mol. The summed E-state index contributed by atoms with van der Waals surface area (Å²) in [5.41, 5.74) is 1.11. The van der Waals surface area contributed by atoms with E-state index in [1.165, 1.54) is 12.1 Å². The number of hydrogen-bond donors (Lipinski definition) is 1. The Bertz CT molecular complexity index is 568. The van der Waals surface area contributed by atoms with Gasteiger partial charge in [-0.2, -0.15) is 0 Å². The van der Waals surface area contributed by atoms with Gasteiger partial charge in [-0.15, -0.1) is 11.3 Å². The van der Waals surface area contributed by atoms with E-state index in [4.69, 9.17) is 0 Å². The molecule has 5 heteroatoms. The molecular weight excluding hydrogens is 263 g/mol. The number of benzene rings is 1. The zero-order chi connectivity index (χ0) is 13.7. The number of hydrogen-bond acceptors (Lipinski definition) is 3. The van der Waals surface area contributed by atoms with Gasteiger partial charge in [0.15, 0.2) is 0 Å². The Morgan fingerprint density at radius 2 is 2.21 bits per heavy atom. The third-order valence-corrected chi connectivity index (χ3v) is 3.66. The van der Waals surface area contributed by atoms with Crippen LogP contribution in [0.4, 0.5) is 4.39 Å². The van der Waals surface area contributed by atoms with Crippen LogP contribution in [-0.2, 0) is 6.42 Å². The molecule has 3 nitrogen and oxygen atoms in total. The first-order valence-electron chi connectivity index (χ1n) is 6.10. The van der Waals surface area contributed by atoms with Gasteiger partial charge in [0.05, 0.1) is 10.6 Å². The number of thiazole rings is 1. The number of halogens is 1. The summed E-state index contributed by atoms with van der Waals surface area (Å²) in [7, 11) is 0. The summed E-state index contributed by atoms with van der Waals surface area (Å²) in [6.07, 6.45) is 1.63. The Balaban J connectivity index is 1.77. The van der Waals surface area contributed by atoms with Gasteiger partial charge < -0.3 is 5.32 Å². The molecule has 1 heterocycles. The third-order valence-electron chi connectivity index (χ3n) is 2.64. The molecule has 0 bridgehead atoms. The average Bonchev–Trinajstić information content (AvgIpc) is 2.81. The molecule has 0 saturated heterocycles. The van der Waals surface area contributed by atoms with Gasteiger partial charge >= 0.3 is 0 Å². The van der Waals surface area contributed by atoms with Crippen molar-refractivity contribution >= 4 is 17.2 Å². The minimum atomic E-state index is -0.490. The van der Waals surface area contributed by atoms with Crippen LogP contribution in [0.5, 0.6) is 0 Å². The van der Waals surface area contributed by atoms with Crippen LogP contribution in [0.25, 0.3) is 0 Å². The zero-order valence-corrected chi connectivity index (χ0v) is 11.5. The number of amides is 1. The SMILES string of the molecule is Cc1csc(CCCNC(=O)c2ccccc2F)n1. The van der Waals surface area contributed by atoms with Gasteiger partial charge in [0, 0.05) is 24.0 Å². The molecule has 0 fully saturated rings. The van der Waals surface area contributed by atoms with Crippen LogP contribution in [0.3, 0.4) is 0 Å². The molecule has 0 saturated carbocycles. The van der Waals surface area contributed by atoms with Gasteiger partial charge in [-0.1, -0.05) is 12.1 Å². The van der Waals surface area contributed by atoms with Crippen molar-refractivity contribution in [1.29, 1.82) is 0 Å². The lowest BCUT2D eigenvalue weighted by molar-refractivity contribution is 0.0949. The summed E-state index contributed by atoms with van der Waals surface area (Å²) >= 11 is 1.62. The Labute approximate surface area is 115 Å². The minimum absolute atomic E-state index is 0.0904. The second-order valence-electron chi connectivity index (χ2n) is 4.22. The predicted octanol–water partition coefficient (Wildman–Crippen LogP) is 2.95. The van der Waals surface area contributed by atoms with Crippen LogP contribution in [0.2, 0.25) is 0 Å². The smallest absolute Gasteiger partial charge is 0.254 e. The highest BCUT2D eigenvalue weighted by atomic mass is 32.1. The maximum absolute atomic E-state index is 13.3. The van der Waals surface area contributed by atoms with Gasteiger partial charge in [0.1, 0.15) is 5.82 Å². The van der Waals surface area contributed by atoms with Crippen molar-refractivity contribution < 1.29 is 9.18 Å². The van der Waals surface area contributed by atoms with Crippen molar-refractivity contribution in [3.63, 3.8) is 0 Å². The molecule has 1 amide bonds. The molecule has 1 aromatic carbocycles. The van der Waals surface area contributed by atoms with E-state index in [1.807, 2.05) is 12.3 Å². The molecule has 1 N–H and O–H groups in total. The Morgan fingerprint density at radius 1 is 1.42 bits per heavy atom. The molecule has 19 heavy (non-hydrogen) atoms. The molecule has 0 spiro atoms. The topological polar surface area (TPSA) is 42.0 Å². The second-order valence-corrected chi connectivity index (χ2v) is 5.16. The highest BCUT2D eigenvalue weighted by Crippen LogP contribution is 2.10. The Hall–Kier alpha value is -1.75. The Morgan fingerprint density at radius 3 is 2.89 bits per heavy atom. The molecule has 0 aliphatic rings. The van der Waals surface area contributed by atoms with Crippen molar-refractivity contribution in [2.75, 3.05) is 6.54 Å². The monoisotopic (exact) mass is 278 g/mol. The molecule has 2 aromatic rings. The van der Waals surface area contributed by atoms with Gasteiger partial charge in [0.25, 0.3) is 5.91 Å². The lowest BCUT2D eigenvalue weighted by atomic mass is 10.2. The number of carbonyl (C=O) groups excluding carboxylic acids is 1. The number of aromatic nitrogens is 1. The largest absolute Gasteiger partial charge is 0.352 e. The number of carbonyl (C=O) groups is 1. The van der Waals surface area contributed by atoms with Gasteiger partial charge in [0.2, 0.25) is 0 Å². The summed E-state index contributed by atoms with van der Waals surface area (Å²) < 4.78 is 13.3. The quantitative estimate of drug-likeness (QED) is 0.854. The van der Waals surface area contributed by atoms with E-state index in [2.05, 4.69) is 10.3 Å².